The molecule has 0 aliphatic heterocycles. The minimum absolute atomic E-state index is 0.0121. The van der Waals surface area contributed by atoms with Crippen LogP contribution in [-0.2, 0) is 11.2 Å². The first kappa shape index (κ1) is 22.5. The molecule has 0 spiro atoms. The van der Waals surface area contributed by atoms with Crippen molar-refractivity contribution in [2.75, 3.05) is 34.4 Å². The van der Waals surface area contributed by atoms with Gasteiger partial charge in [0.05, 0.1) is 32.8 Å². The topological polar surface area (TPSA) is 129 Å². The summed E-state index contributed by atoms with van der Waals surface area (Å²) in [6.07, 6.45) is 0.638. The highest BCUT2D eigenvalue weighted by atomic mass is 16.6. The maximum Gasteiger partial charge on any atom is 0.327 e. The van der Waals surface area contributed by atoms with Gasteiger partial charge in [-0.05, 0) is 12.0 Å². The first-order chi connectivity index (χ1) is 14.4. The third-order valence-corrected chi connectivity index (χ3v) is 4.22. The molecule has 0 saturated heterocycles. The molecular formula is C20H23N3O7. The summed E-state index contributed by atoms with van der Waals surface area (Å²) in [6.45, 7) is 0.0461. The number of ether oxygens (including phenoxy) is 3. The third-order valence-electron chi connectivity index (χ3n) is 4.22. The zero-order valence-electron chi connectivity index (χ0n) is 16.9. The summed E-state index contributed by atoms with van der Waals surface area (Å²) in [5, 5.41) is 16.6. The molecule has 0 atom stereocenters. The minimum Gasteiger partial charge on any atom is -0.493 e. The van der Waals surface area contributed by atoms with Gasteiger partial charge in [0.1, 0.15) is 5.56 Å². The summed E-state index contributed by atoms with van der Waals surface area (Å²) in [5.41, 5.74) is 0.165. The predicted octanol–water partition coefficient (Wildman–Crippen LogP) is 1.71. The number of rotatable bonds is 10. The van der Waals surface area contributed by atoms with E-state index in [2.05, 4.69) is 10.6 Å². The van der Waals surface area contributed by atoms with Crippen LogP contribution in [0, 0.1) is 10.1 Å². The van der Waals surface area contributed by atoms with Crippen LogP contribution in [0.2, 0.25) is 0 Å². The van der Waals surface area contributed by atoms with E-state index in [-0.39, 0.29) is 29.4 Å². The predicted molar refractivity (Wildman–Crippen MR) is 108 cm³/mol. The molecule has 0 heterocycles. The molecule has 0 fully saturated rings. The molecule has 2 N–H and O–H groups in total. The van der Waals surface area contributed by atoms with Gasteiger partial charge in [-0.1, -0.05) is 30.3 Å². The van der Waals surface area contributed by atoms with E-state index in [0.717, 1.165) is 5.56 Å². The second kappa shape index (κ2) is 10.6. The highest BCUT2D eigenvalue weighted by molar-refractivity contribution is 6.02. The molecule has 2 amide bonds. The van der Waals surface area contributed by atoms with Crippen molar-refractivity contribution in [3.8, 4) is 17.2 Å². The van der Waals surface area contributed by atoms with Gasteiger partial charge < -0.3 is 24.8 Å². The molecule has 0 unspecified atom stereocenters. The average molecular weight is 417 g/mol. The molecule has 0 aromatic heterocycles. The van der Waals surface area contributed by atoms with Crippen LogP contribution in [0.25, 0.3) is 0 Å². The van der Waals surface area contributed by atoms with Crippen LogP contribution in [0.1, 0.15) is 15.9 Å². The largest absolute Gasteiger partial charge is 0.493 e. The monoisotopic (exact) mass is 417 g/mol. The molecule has 2 aromatic rings. The van der Waals surface area contributed by atoms with Gasteiger partial charge in [-0.15, -0.1) is 0 Å². The maximum absolute atomic E-state index is 12.6. The Morgan fingerprint density at radius 2 is 1.67 bits per heavy atom. The van der Waals surface area contributed by atoms with Crippen LogP contribution in [0.3, 0.4) is 0 Å². The van der Waals surface area contributed by atoms with Crippen molar-refractivity contribution in [2.24, 2.45) is 0 Å². The van der Waals surface area contributed by atoms with Gasteiger partial charge in [0, 0.05) is 12.6 Å². The van der Waals surface area contributed by atoms with E-state index in [1.165, 1.54) is 27.4 Å². The molecule has 10 heteroatoms. The number of benzene rings is 2. The molecule has 10 nitrogen and oxygen atoms in total. The maximum atomic E-state index is 12.6. The quantitative estimate of drug-likeness (QED) is 0.445. The number of carbonyl (C=O) groups excluding carboxylic acids is 2. The lowest BCUT2D eigenvalue weighted by Crippen LogP contribution is -2.37. The van der Waals surface area contributed by atoms with Crippen LogP contribution in [0.5, 0.6) is 17.2 Å². The van der Waals surface area contributed by atoms with Gasteiger partial charge in [-0.2, -0.15) is 0 Å². The first-order valence-corrected chi connectivity index (χ1v) is 8.99. The van der Waals surface area contributed by atoms with E-state index >= 15 is 0 Å². The SMILES string of the molecule is COc1cc(C(=O)NCC(=O)NCCc2ccccc2)c([N+](=O)[O-])c(OC)c1OC. The van der Waals surface area contributed by atoms with E-state index < -0.39 is 22.4 Å². The molecule has 2 rings (SSSR count). The van der Waals surface area contributed by atoms with Crippen molar-refractivity contribution in [3.05, 3.63) is 57.6 Å². The Balaban J connectivity index is 2.08. The van der Waals surface area contributed by atoms with Crippen LogP contribution in [0.15, 0.2) is 36.4 Å². The van der Waals surface area contributed by atoms with Crippen molar-refractivity contribution >= 4 is 17.5 Å². The fourth-order valence-electron chi connectivity index (χ4n) is 2.80. The highest BCUT2D eigenvalue weighted by Gasteiger charge is 2.32. The van der Waals surface area contributed by atoms with Gasteiger partial charge >= 0.3 is 5.69 Å². The van der Waals surface area contributed by atoms with Crippen LogP contribution in [-0.4, -0.2) is 51.2 Å². The number of carbonyl (C=O) groups is 2. The molecule has 0 aliphatic rings. The third kappa shape index (κ3) is 5.37. The summed E-state index contributed by atoms with van der Waals surface area (Å²) in [6, 6.07) is 10.8. The molecule has 0 bridgehead atoms. The first-order valence-electron chi connectivity index (χ1n) is 8.99. The molecule has 0 saturated carbocycles. The standard InChI is InChI=1S/C20H23N3O7/c1-28-15-11-14(17(23(26)27)19(30-3)18(15)29-2)20(25)22-12-16(24)21-10-9-13-7-5-4-6-8-13/h4-8,11H,9-10,12H2,1-3H3,(H,21,24)(H,22,25). The Hall–Kier alpha value is -3.82. The smallest absolute Gasteiger partial charge is 0.327 e. The number of nitrogens with one attached hydrogen (secondary N) is 2. The second-order valence-electron chi connectivity index (χ2n) is 6.07. The van der Waals surface area contributed by atoms with Gasteiger partial charge in [0.2, 0.25) is 17.4 Å². The molecule has 30 heavy (non-hydrogen) atoms. The lowest BCUT2D eigenvalue weighted by atomic mass is 10.1. The highest BCUT2D eigenvalue weighted by Crippen LogP contribution is 2.46. The Morgan fingerprint density at radius 3 is 2.23 bits per heavy atom. The zero-order chi connectivity index (χ0) is 22.1. The van der Waals surface area contributed by atoms with Crippen LogP contribution >= 0.6 is 0 Å². The number of nitro benzene ring substituents is 1. The van der Waals surface area contributed by atoms with Gasteiger partial charge in [-0.25, -0.2) is 0 Å². The molecule has 2 aromatic carbocycles. The summed E-state index contributed by atoms with van der Waals surface area (Å²) >= 11 is 0. The number of hydrogen-bond acceptors (Lipinski definition) is 7. The minimum atomic E-state index is -0.820. The van der Waals surface area contributed by atoms with Crippen molar-refractivity contribution in [1.29, 1.82) is 0 Å². The number of hydrogen-bond donors (Lipinski definition) is 2. The average Bonchev–Trinajstić information content (AvgIpc) is 2.76. The van der Waals surface area contributed by atoms with Gasteiger partial charge in [0.25, 0.3) is 5.91 Å². The lowest BCUT2D eigenvalue weighted by Gasteiger charge is -2.15. The van der Waals surface area contributed by atoms with Crippen molar-refractivity contribution < 1.29 is 28.7 Å². The van der Waals surface area contributed by atoms with E-state index in [4.69, 9.17) is 14.2 Å². The summed E-state index contributed by atoms with van der Waals surface area (Å²) in [5.74, 6) is -1.42. The van der Waals surface area contributed by atoms with Crippen molar-refractivity contribution in [1.82, 2.24) is 10.6 Å². The number of nitrogens with zero attached hydrogens (tertiary/aromatic N) is 1. The van der Waals surface area contributed by atoms with E-state index in [0.29, 0.717) is 13.0 Å². The second-order valence-corrected chi connectivity index (χ2v) is 6.07. The Morgan fingerprint density at radius 1 is 1.00 bits per heavy atom. The molecule has 0 radical (unpaired) electrons. The van der Waals surface area contributed by atoms with E-state index in [1.54, 1.807) is 0 Å². The normalized spacial score (nSPS) is 10.1. The summed E-state index contributed by atoms with van der Waals surface area (Å²) in [4.78, 5) is 35.4. The van der Waals surface area contributed by atoms with Gasteiger partial charge in [-0.3, -0.25) is 19.7 Å². The Bertz CT molecular complexity index is 916. The van der Waals surface area contributed by atoms with E-state index in [1.807, 2.05) is 30.3 Å². The Labute approximate surface area is 173 Å². The fraction of sp³-hybridized carbons (Fsp3) is 0.300. The fourth-order valence-corrected chi connectivity index (χ4v) is 2.80. The summed E-state index contributed by atoms with van der Waals surface area (Å²) in [7, 11) is 3.83. The number of methoxy groups -OCH3 is 3. The molecule has 160 valence electrons. The molecule has 0 aliphatic carbocycles. The van der Waals surface area contributed by atoms with Gasteiger partial charge in [0.15, 0.2) is 5.75 Å². The van der Waals surface area contributed by atoms with E-state index in [9.17, 15) is 19.7 Å². The van der Waals surface area contributed by atoms with Crippen LogP contribution in [0.4, 0.5) is 5.69 Å². The number of amides is 2. The van der Waals surface area contributed by atoms with Crippen LogP contribution < -0.4 is 24.8 Å². The van der Waals surface area contributed by atoms with Crippen molar-refractivity contribution in [3.63, 3.8) is 0 Å². The summed E-state index contributed by atoms with van der Waals surface area (Å²) < 4.78 is 15.3. The Kier molecular flexibility index (Phi) is 7.98. The molecular weight excluding hydrogens is 394 g/mol. The zero-order valence-corrected chi connectivity index (χ0v) is 16.9. The van der Waals surface area contributed by atoms with Crippen molar-refractivity contribution in [2.45, 2.75) is 6.42 Å². The lowest BCUT2D eigenvalue weighted by molar-refractivity contribution is -0.386. The number of nitro groups is 1.